The molecule has 0 bridgehead atoms. The number of hydrogen-bond acceptors (Lipinski definition) is 6. The number of aromatic nitrogens is 2. The van der Waals surface area contributed by atoms with Crippen LogP contribution in [0.4, 0.5) is 5.69 Å². The van der Waals surface area contributed by atoms with Gasteiger partial charge in [0.25, 0.3) is 0 Å². The fourth-order valence-electron chi connectivity index (χ4n) is 6.77. The second kappa shape index (κ2) is 38.3. The Morgan fingerprint density at radius 1 is 0.507 bits per heavy atom. The molecule has 0 N–H and O–H groups in total. The lowest BCUT2D eigenvalue weighted by Crippen LogP contribution is -2.08. The van der Waals surface area contributed by atoms with Crippen LogP contribution < -0.4 is 4.90 Å². The summed E-state index contributed by atoms with van der Waals surface area (Å²) in [6.07, 6.45) is 9.94. The van der Waals surface area contributed by atoms with E-state index >= 15 is 0 Å². The van der Waals surface area contributed by atoms with Gasteiger partial charge in [0.1, 0.15) is 5.76 Å². The van der Waals surface area contributed by atoms with Crippen molar-refractivity contribution in [2.75, 3.05) is 19.0 Å². The van der Waals surface area contributed by atoms with E-state index in [0.717, 1.165) is 17.4 Å². The smallest absolute Gasteiger partial charge is 0.106 e. The van der Waals surface area contributed by atoms with Crippen molar-refractivity contribution < 1.29 is 4.42 Å². The van der Waals surface area contributed by atoms with Crippen LogP contribution in [0.2, 0.25) is 0 Å². The van der Waals surface area contributed by atoms with Gasteiger partial charge in [-0.15, -0.1) is 11.3 Å². The number of nitrogens with zero attached hydrogens (tertiary/aromatic N) is 3. The van der Waals surface area contributed by atoms with E-state index in [1.807, 2.05) is 60.1 Å². The number of fused-ring (bicyclic) bond motifs is 1. The highest BCUT2D eigenvalue weighted by Gasteiger charge is 2.04. The zero-order valence-corrected chi connectivity index (χ0v) is 50.4. The highest BCUT2D eigenvalue weighted by molar-refractivity contribution is 7.10. The lowest BCUT2D eigenvalue weighted by Gasteiger charge is -2.13. The Morgan fingerprint density at radius 2 is 1.15 bits per heavy atom. The maximum Gasteiger partial charge on any atom is 0.106 e. The van der Waals surface area contributed by atoms with Crippen LogP contribution in [0.5, 0.6) is 0 Å². The van der Waals surface area contributed by atoms with Gasteiger partial charge in [0, 0.05) is 54.9 Å². The minimum Gasteiger partial charge on any atom is -0.469 e. The van der Waals surface area contributed by atoms with Crippen molar-refractivity contribution in [2.24, 2.45) is 5.92 Å². The van der Waals surface area contributed by atoms with Crippen molar-refractivity contribution in [2.45, 2.75) is 172 Å². The van der Waals surface area contributed by atoms with Crippen LogP contribution in [0.15, 0.2) is 173 Å². The molecular formula is C67H97N3OS2. The van der Waals surface area contributed by atoms with Crippen molar-refractivity contribution >= 4 is 39.1 Å². The van der Waals surface area contributed by atoms with Crippen LogP contribution in [0, 0.1) is 5.92 Å². The maximum atomic E-state index is 5.09. The van der Waals surface area contributed by atoms with Gasteiger partial charge < -0.3 is 9.32 Å². The molecule has 0 saturated carbocycles. The van der Waals surface area contributed by atoms with Crippen molar-refractivity contribution in [1.29, 1.82) is 0 Å². The molecule has 398 valence electrons. The van der Waals surface area contributed by atoms with Crippen LogP contribution in [-0.2, 0) is 0 Å². The molecule has 0 radical (unpaired) electrons. The molecule has 0 unspecified atom stereocenters. The van der Waals surface area contributed by atoms with Gasteiger partial charge >= 0.3 is 0 Å². The van der Waals surface area contributed by atoms with E-state index in [0.29, 0.717) is 41.4 Å². The molecule has 0 fully saturated rings. The molecule has 73 heavy (non-hydrogen) atoms. The first-order valence-electron chi connectivity index (χ1n) is 26.8. The quantitative estimate of drug-likeness (QED) is 0.137. The minimum absolute atomic E-state index is 0.519. The summed E-state index contributed by atoms with van der Waals surface area (Å²) < 4.78 is 5.09. The molecule has 8 aromatic rings. The first-order valence-corrected chi connectivity index (χ1v) is 28.7. The normalized spacial score (nSPS) is 10.4. The van der Waals surface area contributed by atoms with Crippen LogP contribution in [-0.4, -0.2) is 24.1 Å². The molecule has 0 aliphatic rings. The number of benzene rings is 3. The first-order chi connectivity index (χ1) is 34.7. The number of pyridine rings is 2. The molecule has 0 amide bonds. The van der Waals surface area contributed by atoms with Crippen LogP contribution >= 0.6 is 22.7 Å². The molecule has 8 rings (SSSR count). The van der Waals surface area contributed by atoms with E-state index in [1.54, 1.807) is 23.8 Å². The average molecular weight is 1020 g/mol. The number of rotatable bonds is 10. The Kier molecular flexibility index (Phi) is 34.5. The standard InChI is InChI=1S/C13H14.C11H17N.2C8H11N.C7H10O.2C7H10S.C6H14/c1-10(2)12-9-5-7-11-6-3-4-8-13(11)12;1-9(2)10-5-7-11(8-6-10)12(3)4;1-7(2)8-4-3-5-9-6-8;1-7(2)8-5-3-4-6-9-8;1-6(2)7-4-3-5-8-7;1-6(2)7-3-4-8-5-7;1-6(2)7-4-3-5-8-7;1-4-5-6(2)3/h3-10H,1-2H3;5-9H,1-4H3;2*3-7H,1-2H3;3*3-6H,1-2H3;6H,4-5H2,1-3H3. The van der Waals surface area contributed by atoms with Crippen molar-refractivity contribution in [3.8, 4) is 0 Å². The fraction of sp³-hybridized carbons (Fsp3) is 0.433. The lowest BCUT2D eigenvalue weighted by atomic mass is 9.96. The van der Waals surface area contributed by atoms with Crippen LogP contribution in [0.25, 0.3) is 10.8 Å². The third-order valence-electron chi connectivity index (χ3n) is 11.5. The van der Waals surface area contributed by atoms with Gasteiger partial charge in [0.15, 0.2) is 0 Å². The molecular weight excluding hydrogens is 927 g/mol. The monoisotopic (exact) mass is 1020 g/mol. The first kappa shape index (κ1) is 65.7. The van der Waals surface area contributed by atoms with Gasteiger partial charge in [0.2, 0.25) is 0 Å². The SMILES string of the molecule is CC(C)c1ccc(N(C)C)cc1.CC(C)c1cccc2ccccc12.CC(C)c1ccccn1.CC(C)c1cccnc1.CC(C)c1ccco1.CC(C)c1cccs1.CC(C)c1ccsc1.CCCC(C)C. The van der Waals surface area contributed by atoms with E-state index in [-0.39, 0.29) is 0 Å². The molecule has 4 nitrogen and oxygen atoms in total. The summed E-state index contributed by atoms with van der Waals surface area (Å²) in [5.41, 5.74) is 8.03. The Balaban J connectivity index is 0.000000422. The molecule has 0 saturated heterocycles. The molecule has 3 aromatic carbocycles. The summed E-state index contributed by atoms with van der Waals surface area (Å²) in [6.45, 7) is 37.3. The van der Waals surface area contributed by atoms with E-state index in [4.69, 9.17) is 4.42 Å². The Labute approximate surface area is 454 Å². The van der Waals surface area contributed by atoms with E-state index in [2.05, 4.69) is 254 Å². The maximum absolute atomic E-state index is 5.09. The summed E-state index contributed by atoms with van der Waals surface area (Å²) in [4.78, 5) is 11.8. The lowest BCUT2D eigenvalue weighted by molar-refractivity contribution is 0.487. The topological polar surface area (TPSA) is 42.2 Å². The average Bonchev–Trinajstić information content (AvgIpc) is 4.22. The second-order valence-corrected chi connectivity index (χ2v) is 22.7. The van der Waals surface area contributed by atoms with Gasteiger partial charge in [0.05, 0.1) is 6.26 Å². The number of anilines is 1. The number of furan rings is 1. The van der Waals surface area contributed by atoms with Gasteiger partial charge in [-0.1, -0.05) is 203 Å². The van der Waals surface area contributed by atoms with E-state index < -0.39 is 0 Å². The van der Waals surface area contributed by atoms with Gasteiger partial charge in [-0.2, -0.15) is 11.3 Å². The van der Waals surface area contributed by atoms with Gasteiger partial charge in [-0.25, -0.2) is 0 Å². The zero-order chi connectivity index (χ0) is 54.7. The third-order valence-corrected chi connectivity index (χ3v) is 13.3. The van der Waals surface area contributed by atoms with E-state index in [9.17, 15) is 0 Å². The summed E-state index contributed by atoms with van der Waals surface area (Å²) >= 11 is 3.60. The Hall–Kier alpha value is -5.30. The highest BCUT2D eigenvalue weighted by atomic mass is 32.1. The fourth-order valence-corrected chi connectivity index (χ4v) is 8.33. The summed E-state index contributed by atoms with van der Waals surface area (Å²) in [6, 6.07) is 44.2. The van der Waals surface area contributed by atoms with Crippen LogP contribution in [0.1, 0.15) is 211 Å². The Morgan fingerprint density at radius 3 is 1.51 bits per heavy atom. The third kappa shape index (κ3) is 29.3. The van der Waals surface area contributed by atoms with Gasteiger partial charge in [-0.05, 0) is 145 Å². The number of thiophene rings is 2. The largest absolute Gasteiger partial charge is 0.469 e. The molecule has 5 heterocycles. The molecule has 0 aliphatic heterocycles. The highest BCUT2D eigenvalue weighted by Crippen LogP contribution is 2.25. The Bertz CT molecular complexity index is 2270. The van der Waals surface area contributed by atoms with Crippen LogP contribution in [0.3, 0.4) is 0 Å². The molecule has 6 heteroatoms. The zero-order valence-electron chi connectivity index (χ0n) is 48.8. The second-order valence-electron chi connectivity index (χ2n) is 20.9. The minimum atomic E-state index is 0.519. The van der Waals surface area contributed by atoms with E-state index in [1.165, 1.54) is 56.4 Å². The summed E-state index contributed by atoms with van der Waals surface area (Å²) in [5, 5.41) is 9.17. The van der Waals surface area contributed by atoms with Crippen molar-refractivity contribution in [3.63, 3.8) is 0 Å². The number of hydrogen-bond donors (Lipinski definition) is 0. The van der Waals surface area contributed by atoms with Crippen molar-refractivity contribution in [1.82, 2.24) is 9.97 Å². The molecule has 0 atom stereocenters. The molecule has 0 spiro atoms. The molecule has 5 aromatic heterocycles. The summed E-state index contributed by atoms with van der Waals surface area (Å²) in [7, 11) is 4.12. The van der Waals surface area contributed by atoms with Gasteiger partial charge in [-0.3, -0.25) is 9.97 Å². The predicted molar refractivity (Wildman–Crippen MR) is 329 cm³/mol. The summed E-state index contributed by atoms with van der Waals surface area (Å²) in [5.74, 6) is 6.25. The molecule has 0 aliphatic carbocycles. The predicted octanol–water partition coefficient (Wildman–Crippen LogP) is 21.8. The van der Waals surface area contributed by atoms with Crippen molar-refractivity contribution in [3.05, 3.63) is 207 Å².